The molecule has 0 spiro atoms. The Kier molecular flexibility index (Phi) is 11.5. The number of carbonyl (C=O) groups is 4. The predicted octanol–water partition coefficient (Wildman–Crippen LogP) is 6.05. The largest absolute Gasteiger partial charge is 0.491 e. The number of anilines is 1. The molecular weight excluding hydrogens is 730 g/mol. The summed E-state index contributed by atoms with van der Waals surface area (Å²) in [6.45, 7) is 1.20. The molecule has 1 atom stereocenters. The number of ether oxygens (including phenoxy) is 3. The van der Waals surface area contributed by atoms with Gasteiger partial charge < -0.3 is 19.5 Å². The molecule has 4 rings (SSSR count). The summed E-state index contributed by atoms with van der Waals surface area (Å²) >= 11 is 0. The number of nitrogens with zero attached hydrogens (tertiary/aromatic N) is 1. The van der Waals surface area contributed by atoms with Gasteiger partial charge in [0.15, 0.2) is 0 Å². The van der Waals surface area contributed by atoms with Crippen molar-refractivity contribution in [2.45, 2.75) is 19.2 Å². The van der Waals surface area contributed by atoms with E-state index >= 15 is 0 Å². The highest BCUT2D eigenvalue weighted by molar-refractivity contribution is 5.94. The molecule has 50 heavy (non-hydrogen) atoms. The Morgan fingerprint density at radius 3 is 1.62 bits per heavy atom. The van der Waals surface area contributed by atoms with Crippen LogP contribution in [0, 0.1) is 64.0 Å². The summed E-state index contributed by atoms with van der Waals surface area (Å²) in [5.41, 5.74) is -0.967. The molecule has 3 aromatic rings. The summed E-state index contributed by atoms with van der Waals surface area (Å²) < 4.78 is 192. The number of rotatable bonds is 6. The normalized spacial score (nSPS) is 14.1. The highest BCUT2D eigenvalue weighted by Crippen LogP contribution is 2.32. The minimum Gasteiger partial charge on any atom is -0.442 e. The van der Waals surface area contributed by atoms with Crippen molar-refractivity contribution in [3.63, 3.8) is 0 Å². The van der Waals surface area contributed by atoms with Crippen LogP contribution >= 0.6 is 0 Å². The van der Waals surface area contributed by atoms with Gasteiger partial charge in [0.2, 0.25) is 75.6 Å². The number of halogens is 14. The van der Waals surface area contributed by atoms with E-state index in [-0.39, 0.29) is 24.7 Å². The Morgan fingerprint density at radius 2 is 1.20 bits per heavy atom. The van der Waals surface area contributed by atoms with E-state index in [1.807, 2.05) is 0 Å². The predicted molar refractivity (Wildman–Crippen MR) is 132 cm³/mol. The zero-order chi connectivity index (χ0) is 38.0. The van der Waals surface area contributed by atoms with Crippen LogP contribution in [0.4, 0.5) is 71.9 Å². The highest BCUT2D eigenvalue weighted by Gasteiger charge is 2.43. The number of esters is 2. The maximum atomic E-state index is 14.4. The number of hydrogen-bond acceptors (Lipinski definition) is 7. The van der Waals surface area contributed by atoms with Crippen molar-refractivity contribution in [3.8, 4) is 11.5 Å². The van der Waals surface area contributed by atoms with Crippen LogP contribution in [0.1, 0.15) is 17.3 Å². The smallest absolute Gasteiger partial charge is 0.442 e. The minimum atomic E-state index is -5.65. The molecule has 1 heterocycles. The van der Waals surface area contributed by atoms with E-state index in [4.69, 9.17) is 4.74 Å². The molecule has 9 nitrogen and oxygen atoms in total. The van der Waals surface area contributed by atoms with Gasteiger partial charge in [0.1, 0.15) is 11.9 Å². The fraction of sp³-hybridized carbons (Fsp3) is 0.185. The van der Waals surface area contributed by atoms with Crippen LogP contribution in [-0.4, -0.2) is 49.3 Å². The summed E-state index contributed by atoms with van der Waals surface area (Å²) in [6, 6.07) is 2.56. The van der Waals surface area contributed by atoms with Crippen molar-refractivity contribution in [1.29, 1.82) is 0 Å². The second-order valence-corrected chi connectivity index (χ2v) is 9.29. The lowest BCUT2D eigenvalue weighted by Crippen LogP contribution is -2.33. The molecule has 0 saturated carbocycles. The molecule has 0 bridgehead atoms. The zero-order valence-electron chi connectivity index (χ0n) is 23.8. The van der Waals surface area contributed by atoms with Gasteiger partial charge in [-0.15, -0.1) is 0 Å². The van der Waals surface area contributed by atoms with Crippen molar-refractivity contribution < 1.29 is 94.9 Å². The molecule has 1 aliphatic rings. The number of nitrogens with one attached hydrogen (secondary N) is 1. The van der Waals surface area contributed by atoms with E-state index in [2.05, 4.69) is 14.8 Å². The van der Waals surface area contributed by atoms with Crippen molar-refractivity contribution in [2.24, 2.45) is 0 Å². The third-order valence-corrected chi connectivity index (χ3v) is 5.90. The van der Waals surface area contributed by atoms with Crippen molar-refractivity contribution in [2.75, 3.05) is 18.0 Å². The molecular formula is C27H12F14N2O7. The summed E-state index contributed by atoms with van der Waals surface area (Å²) in [6.07, 6.45) is -7.25. The number of cyclic esters (lactones) is 1. The highest BCUT2D eigenvalue weighted by atomic mass is 19.4. The van der Waals surface area contributed by atoms with Crippen LogP contribution in [0.3, 0.4) is 0 Å². The maximum Gasteiger partial charge on any atom is 0.491 e. The minimum absolute atomic E-state index is 0.00633. The summed E-state index contributed by atoms with van der Waals surface area (Å²) in [5.74, 6) is -35.7. The van der Waals surface area contributed by atoms with Crippen LogP contribution in [0.25, 0.3) is 0 Å². The average Bonchev–Trinajstić information content (AvgIpc) is 3.43. The molecule has 1 aliphatic heterocycles. The summed E-state index contributed by atoms with van der Waals surface area (Å²) in [4.78, 5) is 46.2. The molecule has 0 aliphatic carbocycles. The number of amides is 2. The molecule has 0 unspecified atom stereocenters. The van der Waals surface area contributed by atoms with Gasteiger partial charge in [-0.2, -0.15) is 30.7 Å². The van der Waals surface area contributed by atoms with E-state index < -0.39 is 111 Å². The first-order valence-electron chi connectivity index (χ1n) is 12.6. The maximum absolute atomic E-state index is 14.4. The second kappa shape index (κ2) is 14.9. The molecule has 0 radical (unpaired) electrons. The zero-order valence-corrected chi connectivity index (χ0v) is 23.8. The van der Waals surface area contributed by atoms with Crippen LogP contribution in [0.15, 0.2) is 18.2 Å². The standard InChI is InChI=1S/C19H12F6N2O5.C8F8O2/c1-7(28)26-5-9-6-27(19(30)31-9)8-2-3-10(11(20)4-8)18(29)32-17-15(24)13(22)12(21)14(23)16(17)25;9-1-2(10)4(12)6(5(13)3(1)11)18-7(17)8(14,15)16/h2-4,9H,5-6H2,1H3,(H,26,28);/t9-;/m0./s1. The lowest BCUT2D eigenvalue weighted by molar-refractivity contribution is -0.190. The van der Waals surface area contributed by atoms with Gasteiger partial charge >= 0.3 is 24.2 Å². The van der Waals surface area contributed by atoms with Crippen LogP contribution in [0.5, 0.6) is 11.5 Å². The first-order chi connectivity index (χ1) is 23.1. The Hall–Kier alpha value is -5.64. The Labute approximate surface area is 266 Å². The molecule has 2 amide bonds. The molecule has 1 fully saturated rings. The molecule has 270 valence electrons. The fourth-order valence-corrected chi connectivity index (χ4v) is 3.58. The van der Waals surface area contributed by atoms with Crippen molar-refractivity contribution in [1.82, 2.24) is 5.32 Å². The Balaban J connectivity index is 0.000000319. The molecule has 1 saturated heterocycles. The quantitative estimate of drug-likeness (QED) is 0.108. The van der Waals surface area contributed by atoms with Crippen LogP contribution in [0.2, 0.25) is 0 Å². The van der Waals surface area contributed by atoms with Gasteiger partial charge in [-0.3, -0.25) is 9.69 Å². The van der Waals surface area contributed by atoms with Crippen LogP contribution in [-0.2, 0) is 14.3 Å². The average molecular weight is 742 g/mol. The fourth-order valence-electron chi connectivity index (χ4n) is 3.58. The number of benzene rings is 3. The Morgan fingerprint density at radius 1 is 0.760 bits per heavy atom. The van der Waals surface area contributed by atoms with Crippen molar-refractivity contribution in [3.05, 3.63) is 87.8 Å². The number of alkyl halides is 3. The van der Waals surface area contributed by atoms with Crippen molar-refractivity contribution >= 4 is 29.6 Å². The van der Waals surface area contributed by atoms with Gasteiger partial charge in [-0.1, -0.05) is 0 Å². The van der Waals surface area contributed by atoms with Gasteiger partial charge in [0, 0.05) is 6.92 Å². The third kappa shape index (κ3) is 8.14. The SMILES string of the molecule is CC(=O)NC[C@H]1CN(c2ccc(C(=O)Oc3c(F)c(F)c(F)c(F)c3F)c(F)c2)C(=O)O1.O=C(Oc1c(F)c(F)c(F)c(F)c1F)C(F)(F)F. The van der Waals surface area contributed by atoms with E-state index in [0.717, 1.165) is 17.0 Å². The first kappa shape index (κ1) is 38.8. The van der Waals surface area contributed by atoms with E-state index in [1.165, 1.54) is 6.92 Å². The summed E-state index contributed by atoms with van der Waals surface area (Å²) in [7, 11) is 0. The molecule has 23 heteroatoms. The van der Waals surface area contributed by atoms with Gasteiger partial charge in [0.25, 0.3) is 0 Å². The monoisotopic (exact) mass is 742 g/mol. The lowest BCUT2D eigenvalue weighted by atomic mass is 10.1. The van der Waals surface area contributed by atoms with E-state index in [1.54, 1.807) is 0 Å². The molecule has 1 N–H and O–H groups in total. The topological polar surface area (TPSA) is 111 Å². The van der Waals surface area contributed by atoms with Gasteiger partial charge in [0.05, 0.1) is 24.3 Å². The Bertz CT molecular complexity index is 1830. The van der Waals surface area contributed by atoms with E-state index in [0.29, 0.717) is 6.07 Å². The number of carbonyl (C=O) groups excluding carboxylic acids is 4. The first-order valence-corrected chi connectivity index (χ1v) is 12.6. The molecule has 0 aromatic heterocycles. The third-order valence-electron chi connectivity index (χ3n) is 5.90. The van der Waals surface area contributed by atoms with Gasteiger partial charge in [-0.05, 0) is 18.2 Å². The second-order valence-electron chi connectivity index (χ2n) is 9.29. The number of hydrogen-bond donors (Lipinski definition) is 1. The molecule has 3 aromatic carbocycles. The van der Waals surface area contributed by atoms with Crippen LogP contribution < -0.4 is 19.7 Å². The van der Waals surface area contributed by atoms with E-state index in [9.17, 15) is 80.6 Å². The van der Waals surface area contributed by atoms with Gasteiger partial charge in [-0.25, -0.2) is 45.1 Å². The lowest BCUT2D eigenvalue weighted by Gasteiger charge is -2.14. The summed E-state index contributed by atoms with van der Waals surface area (Å²) in [5, 5.41) is 2.44.